The lowest BCUT2D eigenvalue weighted by atomic mass is 9.93. The summed E-state index contributed by atoms with van der Waals surface area (Å²) in [5.41, 5.74) is 1.47. The smallest absolute Gasteiger partial charge is 0.354 e. The molecule has 3 nitrogen and oxygen atoms in total. The first-order valence-corrected chi connectivity index (χ1v) is 8.05. The van der Waals surface area contributed by atoms with E-state index in [2.05, 4.69) is 5.32 Å². The normalized spacial score (nSPS) is 26.3. The minimum Gasteiger partial charge on any atom is -0.461 e. The number of halogens is 2. The molecule has 5 heteroatoms. The zero-order valence-corrected chi connectivity index (χ0v) is 13.2. The number of hydrogen-bond donors (Lipinski definition) is 1. The van der Waals surface area contributed by atoms with E-state index in [0.29, 0.717) is 29.2 Å². The Bertz CT molecular complexity index is 596. The molecular weight excluding hydrogens is 305 g/mol. The molecule has 1 aromatic carbocycles. The standard InChI is InChI=1S/C17H19ClFNO2/c1-2-22-17(21)15-8-12-4-3-11(16(12)20-15)5-10-6-13(18)9-14(19)7-10/h6-9,11-12,16,20H,2-5H2,1H3. The second kappa shape index (κ2) is 6.29. The van der Waals surface area contributed by atoms with E-state index in [-0.39, 0.29) is 17.8 Å². The molecule has 0 amide bonds. The Morgan fingerprint density at radius 3 is 2.95 bits per heavy atom. The first-order valence-electron chi connectivity index (χ1n) is 7.67. The van der Waals surface area contributed by atoms with Crippen molar-refractivity contribution in [3.05, 3.63) is 46.4 Å². The summed E-state index contributed by atoms with van der Waals surface area (Å²) in [7, 11) is 0. The fourth-order valence-electron chi connectivity index (χ4n) is 3.57. The second-order valence-electron chi connectivity index (χ2n) is 5.95. The molecule has 1 aliphatic carbocycles. The van der Waals surface area contributed by atoms with Crippen molar-refractivity contribution >= 4 is 17.6 Å². The van der Waals surface area contributed by atoms with Crippen LogP contribution in [0.15, 0.2) is 30.0 Å². The van der Waals surface area contributed by atoms with Crippen LogP contribution in [-0.2, 0) is 16.0 Å². The zero-order chi connectivity index (χ0) is 15.7. The number of esters is 1. The lowest BCUT2D eigenvalue weighted by Crippen LogP contribution is -2.34. The number of rotatable bonds is 4. The number of benzene rings is 1. The highest BCUT2D eigenvalue weighted by molar-refractivity contribution is 6.30. The second-order valence-corrected chi connectivity index (χ2v) is 6.39. The minimum atomic E-state index is -0.304. The number of fused-ring (bicyclic) bond motifs is 1. The van der Waals surface area contributed by atoms with Gasteiger partial charge in [0.05, 0.1) is 6.61 Å². The molecule has 118 valence electrons. The Balaban J connectivity index is 1.67. The van der Waals surface area contributed by atoms with E-state index in [1.54, 1.807) is 6.92 Å². The Morgan fingerprint density at radius 1 is 1.41 bits per heavy atom. The summed E-state index contributed by atoms with van der Waals surface area (Å²) in [5, 5.41) is 3.72. The summed E-state index contributed by atoms with van der Waals surface area (Å²) >= 11 is 5.92. The number of carbonyl (C=O) groups is 1. The van der Waals surface area contributed by atoms with E-state index in [0.717, 1.165) is 24.8 Å². The molecule has 1 fully saturated rings. The lowest BCUT2D eigenvalue weighted by Gasteiger charge is -2.21. The minimum absolute atomic E-state index is 0.224. The molecule has 1 saturated carbocycles. The van der Waals surface area contributed by atoms with Gasteiger partial charge in [0.15, 0.2) is 0 Å². The van der Waals surface area contributed by atoms with Gasteiger partial charge in [-0.25, -0.2) is 9.18 Å². The molecular formula is C17H19ClFNO2. The molecule has 22 heavy (non-hydrogen) atoms. The van der Waals surface area contributed by atoms with Crippen LogP contribution in [0.3, 0.4) is 0 Å². The molecule has 1 aliphatic heterocycles. The predicted molar refractivity (Wildman–Crippen MR) is 83.0 cm³/mol. The highest BCUT2D eigenvalue weighted by Gasteiger charge is 2.40. The van der Waals surface area contributed by atoms with Crippen molar-refractivity contribution in [2.24, 2.45) is 11.8 Å². The number of ether oxygens (including phenoxy) is 1. The van der Waals surface area contributed by atoms with E-state index >= 15 is 0 Å². The molecule has 1 N–H and O–H groups in total. The molecule has 0 radical (unpaired) electrons. The van der Waals surface area contributed by atoms with Crippen molar-refractivity contribution in [1.82, 2.24) is 5.32 Å². The molecule has 3 unspecified atom stereocenters. The third-order valence-electron chi connectivity index (χ3n) is 4.46. The Labute approximate surface area is 134 Å². The van der Waals surface area contributed by atoms with Crippen molar-refractivity contribution in [3.8, 4) is 0 Å². The van der Waals surface area contributed by atoms with Gasteiger partial charge in [0.25, 0.3) is 0 Å². The van der Waals surface area contributed by atoms with Crippen molar-refractivity contribution in [2.45, 2.75) is 32.2 Å². The largest absolute Gasteiger partial charge is 0.461 e. The maximum atomic E-state index is 13.5. The van der Waals surface area contributed by atoms with Gasteiger partial charge in [-0.05, 0) is 67.9 Å². The van der Waals surface area contributed by atoms with Gasteiger partial charge >= 0.3 is 5.97 Å². The van der Waals surface area contributed by atoms with Crippen LogP contribution >= 0.6 is 11.6 Å². The van der Waals surface area contributed by atoms with Gasteiger partial charge in [0.1, 0.15) is 11.5 Å². The van der Waals surface area contributed by atoms with Crippen molar-refractivity contribution in [2.75, 3.05) is 6.61 Å². The van der Waals surface area contributed by atoms with Gasteiger partial charge in [-0.15, -0.1) is 0 Å². The van der Waals surface area contributed by atoms with Crippen LogP contribution in [0.1, 0.15) is 25.3 Å². The molecule has 0 saturated heterocycles. The van der Waals surface area contributed by atoms with Gasteiger partial charge in [-0.2, -0.15) is 0 Å². The molecule has 2 aliphatic rings. The fraction of sp³-hybridized carbons (Fsp3) is 0.471. The maximum Gasteiger partial charge on any atom is 0.354 e. The van der Waals surface area contributed by atoms with Gasteiger partial charge < -0.3 is 10.1 Å². The van der Waals surface area contributed by atoms with Crippen LogP contribution in [-0.4, -0.2) is 18.6 Å². The fourth-order valence-corrected chi connectivity index (χ4v) is 3.81. The van der Waals surface area contributed by atoms with Crippen LogP contribution in [0.2, 0.25) is 5.02 Å². The SMILES string of the molecule is CCOC(=O)C1=CC2CCC(Cc3cc(F)cc(Cl)c3)C2N1. The van der Waals surface area contributed by atoms with Crippen molar-refractivity contribution in [3.63, 3.8) is 0 Å². The van der Waals surface area contributed by atoms with Crippen LogP contribution < -0.4 is 5.32 Å². The first-order chi connectivity index (χ1) is 10.6. The summed E-state index contributed by atoms with van der Waals surface area (Å²) in [6.07, 6.45) is 4.84. The third kappa shape index (κ3) is 3.12. The molecule has 3 rings (SSSR count). The lowest BCUT2D eigenvalue weighted by molar-refractivity contribution is -0.138. The monoisotopic (exact) mass is 323 g/mol. The van der Waals surface area contributed by atoms with Gasteiger partial charge in [0, 0.05) is 11.1 Å². The zero-order valence-electron chi connectivity index (χ0n) is 12.4. The molecule has 0 spiro atoms. The van der Waals surface area contributed by atoms with Crippen LogP contribution in [0.25, 0.3) is 0 Å². The highest BCUT2D eigenvalue weighted by atomic mass is 35.5. The van der Waals surface area contributed by atoms with E-state index in [4.69, 9.17) is 16.3 Å². The summed E-state index contributed by atoms with van der Waals surface area (Å²) in [5.74, 6) is 0.130. The molecule has 1 aromatic rings. The average Bonchev–Trinajstić information content (AvgIpc) is 3.00. The predicted octanol–water partition coefficient (Wildman–Crippen LogP) is 3.47. The number of hydrogen-bond acceptors (Lipinski definition) is 3. The van der Waals surface area contributed by atoms with Gasteiger partial charge in [-0.3, -0.25) is 0 Å². The van der Waals surface area contributed by atoms with E-state index < -0.39 is 0 Å². The van der Waals surface area contributed by atoms with Gasteiger partial charge in [0.2, 0.25) is 0 Å². The van der Waals surface area contributed by atoms with Crippen molar-refractivity contribution in [1.29, 1.82) is 0 Å². The molecule has 0 aromatic heterocycles. The van der Waals surface area contributed by atoms with E-state index in [1.165, 1.54) is 12.1 Å². The third-order valence-corrected chi connectivity index (χ3v) is 4.68. The average molecular weight is 324 g/mol. The number of carbonyl (C=O) groups excluding carboxylic acids is 1. The van der Waals surface area contributed by atoms with Gasteiger partial charge in [-0.1, -0.05) is 11.6 Å². The highest BCUT2D eigenvalue weighted by Crippen LogP contribution is 2.39. The van der Waals surface area contributed by atoms with E-state index in [9.17, 15) is 9.18 Å². The topological polar surface area (TPSA) is 38.3 Å². The quantitative estimate of drug-likeness (QED) is 0.862. The maximum absolute atomic E-state index is 13.5. The summed E-state index contributed by atoms with van der Waals surface area (Å²) in [6.45, 7) is 2.17. The summed E-state index contributed by atoms with van der Waals surface area (Å²) < 4.78 is 18.5. The Kier molecular flexibility index (Phi) is 4.39. The summed E-state index contributed by atoms with van der Waals surface area (Å²) in [6, 6.07) is 4.89. The molecule has 1 heterocycles. The van der Waals surface area contributed by atoms with Crippen LogP contribution in [0.5, 0.6) is 0 Å². The Hall–Kier alpha value is -1.55. The van der Waals surface area contributed by atoms with Crippen LogP contribution in [0, 0.1) is 17.7 Å². The Morgan fingerprint density at radius 2 is 2.23 bits per heavy atom. The molecule has 0 bridgehead atoms. The van der Waals surface area contributed by atoms with Crippen molar-refractivity contribution < 1.29 is 13.9 Å². The summed E-state index contributed by atoms with van der Waals surface area (Å²) in [4.78, 5) is 11.8. The number of nitrogens with one attached hydrogen (secondary N) is 1. The van der Waals surface area contributed by atoms with E-state index in [1.807, 2.05) is 12.1 Å². The van der Waals surface area contributed by atoms with Crippen LogP contribution in [0.4, 0.5) is 4.39 Å². The molecule has 3 atom stereocenters. The first kappa shape index (κ1) is 15.3.